The molecule has 1 amide bonds. The van der Waals surface area contributed by atoms with Gasteiger partial charge in [0.15, 0.2) is 0 Å². The molecule has 1 rings (SSSR count). The number of rotatable bonds is 15. The van der Waals surface area contributed by atoms with Gasteiger partial charge in [-0.3, -0.25) is 33.9 Å². The van der Waals surface area contributed by atoms with Crippen LogP contribution in [0.3, 0.4) is 0 Å². The molecule has 16 nitrogen and oxygen atoms in total. The zero-order valence-corrected chi connectivity index (χ0v) is 22.0. The predicted molar refractivity (Wildman–Crippen MR) is 130 cm³/mol. The molecule has 0 aliphatic carbocycles. The number of carboxylic acid groups (broad SMARTS) is 3. The van der Waals surface area contributed by atoms with E-state index in [2.05, 4.69) is 5.32 Å². The van der Waals surface area contributed by atoms with Crippen LogP contribution in [-0.4, -0.2) is 149 Å². The summed E-state index contributed by atoms with van der Waals surface area (Å²) in [6, 6.07) is -1.09. The van der Waals surface area contributed by atoms with Gasteiger partial charge in [0.25, 0.3) is 0 Å². The molecule has 0 spiro atoms. The third kappa shape index (κ3) is 12.2. The van der Waals surface area contributed by atoms with E-state index in [9.17, 15) is 49.0 Å². The zero-order chi connectivity index (χ0) is 28.2. The molecule has 1 fully saturated rings. The van der Waals surface area contributed by atoms with E-state index in [0.29, 0.717) is 13.1 Å². The van der Waals surface area contributed by atoms with Gasteiger partial charge in [0, 0.05) is 52.2 Å². The number of carbonyl (C=O) groups is 4. The molecule has 1 aliphatic heterocycles. The maximum atomic E-state index is 12.2. The van der Waals surface area contributed by atoms with E-state index in [1.54, 1.807) is 14.7 Å². The average molecular weight is 574 g/mol. The van der Waals surface area contributed by atoms with Crippen LogP contribution in [0, 0.1) is 0 Å². The molecular formula is C19H36N4O12P2. The van der Waals surface area contributed by atoms with Crippen molar-refractivity contribution >= 4 is 40.6 Å². The van der Waals surface area contributed by atoms with Crippen LogP contribution in [0.15, 0.2) is 0 Å². The number of aliphatic hydroxyl groups is 1. The highest BCUT2D eigenvalue weighted by molar-refractivity contribution is 7.65. The van der Waals surface area contributed by atoms with E-state index in [1.165, 1.54) is 0 Å². The number of amides is 1. The van der Waals surface area contributed by atoms with Crippen molar-refractivity contribution in [2.75, 3.05) is 58.9 Å². The molecule has 1 unspecified atom stereocenters. The summed E-state index contributed by atoms with van der Waals surface area (Å²) in [7, 11) is -6.08. The minimum atomic E-state index is -3.04. The summed E-state index contributed by atoms with van der Waals surface area (Å²) in [5.41, 5.74) is 0. The zero-order valence-electron chi connectivity index (χ0n) is 20.2. The van der Waals surface area contributed by atoms with Crippen LogP contribution in [0.25, 0.3) is 0 Å². The third-order valence-electron chi connectivity index (χ3n) is 5.88. The minimum absolute atomic E-state index is 0.00451. The van der Waals surface area contributed by atoms with Crippen molar-refractivity contribution < 1.29 is 59.2 Å². The molecule has 0 aromatic rings. The first-order valence-electron chi connectivity index (χ1n) is 11.5. The lowest BCUT2D eigenvalue weighted by Crippen LogP contribution is -2.47. The Kier molecular flexibility index (Phi) is 14.8. The lowest BCUT2D eigenvalue weighted by Gasteiger charge is -2.30. The molecule has 0 bridgehead atoms. The number of nitrogens with one attached hydrogen (secondary N) is 1. The van der Waals surface area contributed by atoms with E-state index >= 15 is 0 Å². The normalized spacial score (nSPS) is 17.7. The molecule has 1 saturated heterocycles. The van der Waals surface area contributed by atoms with Gasteiger partial charge in [0.2, 0.25) is 27.7 Å². The van der Waals surface area contributed by atoms with Crippen LogP contribution in [0.4, 0.5) is 0 Å². The fraction of sp³-hybridized carbons (Fsp3) is 0.789. The Hall–Kier alpha value is -1.58. The molecular weight excluding hydrogens is 538 g/mol. The molecule has 0 radical (unpaired) electrons. The number of aliphatic carboxylic acids is 3. The first-order chi connectivity index (χ1) is 17.3. The predicted octanol–water partition coefficient (Wildman–Crippen LogP) is -2.56. The summed E-state index contributed by atoms with van der Waals surface area (Å²) < 4.78 is 0. The van der Waals surface area contributed by atoms with Crippen LogP contribution < -0.4 is 5.32 Å². The van der Waals surface area contributed by atoms with E-state index in [4.69, 9.17) is 10.2 Å². The van der Waals surface area contributed by atoms with Crippen LogP contribution in [-0.2, 0) is 19.2 Å². The van der Waals surface area contributed by atoms with Gasteiger partial charge in [-0.2, -0.15) is 0 Å². The number of nitrogens with zero attached hydrogens (tertiary/aromatic N) is 3. The van der Waals surface area contributed by atoms with Gasteiger partial charge in [-0.15, -0.1) is 0 Å². The summed E-state index contributed by atoms with van der Waals surface area (Å²) >= 11 is 0. The van der Waals surface area contributed by atoms with Crippen LogP contribution in [0.5, 0.6) is 0 Å². The van der Waals surface area contributed by atoms with Crippen LogP contribution in [0.1, 0.15) is 25.7 Å². The van der Waals surface area contributed by atoms with Gasteiger partial charge in [-0.25, -0.2) is 0 Å². The second-order valence-electron chi connectivity index (χ2n) is 8.58. The standard InChI is InChI=1S/C19H36N4O12P2/c24-15(20-5-1-4-19(31,36(32)33)37(34)35)3-2-14(18(29)30)23-10-8-21(12-16(25)26)6-7-22(9-11-23)13-17(27)28/h14,31-35H,1-13H2,(H,20,24)(H,25,26)(H,27,28)(H,29,30). The Morgan fingerprint density at radius 3 is 1.68 bits per heavy atom. The molecule has 9 N–H and O–H groups in total. The van der Waals surface area contributed by atoms with Gasteiger partial charge in [-0.1, -0.05) is 0 Å². The Balaban J connectivity index is 2.72. The second kappa shape index (κ2) is 16.4. The van der Waals surface area contributed by atoms with Gasteiger partial charge in [0.05, 0.1) is 13.1 Å². The van der Waals surface area contributed by atoms with Gasteiger partial charge in [-0.05, 0) is 19.3 Å². The Morgan fingerprint density at radius 2 is 1.27 bits per heavy atom. The third-order valence-corrected chi connectivity index (χ3v) is 8.68. The minimum Gasteiger partial charge on any atom is -0.480 e. The smallest absolute Gasteiger partial charge is 0.320 e. The first-order valence-corrected chi connectivity index (χ1v) is 14.0. The topological polar surface area (TPSA) is 252 Å². The molecule has 1 atom stereocenters. The summed E-state index contributed by atoms with van der Waals surface area (Å²) in [5.74, 6) is -3.83. The average Bonchev–Trinajstić information content (AvgIpc) is 2.87. The van der Waals surface area contributed by atoms with Crippen molar-refractivity contribution in [2.45, 2.75) is 36.8 Å². The highest BCUT2D eigenvalue weighted by atomic mass is 31.2. The summed E-state index contributed by atoms with van der Waals surface area (Å²) in [6.07, 6.45) is -0.666. The van der Waals surface area contributed by atoms with Gasteiger partial charge in [0.1, 0.15) is 6.04 Å². The SMILES string of the molecule is O=C(O)CN1CCN(CC(=O)O)CCN(C(CCC(=O)NCCCC(O)(P(O)O)P(O)O)C(=O)O)CC1. The number of carboxylic acids is 3. The van der Waals surface area contributed by atoms with Gasteiger partial charge >= 0.3 is 17.9 Å². The highest BCUT2D eigenvalue weighted by Gasteiger charge is 2.43. The summed E-state index contributed by atoms with van der Waals surface area (Å²) in [6.45, 7) is 0.857. The summed E-state index contributed by atoms with van der Waals surface area (Å²) in [5, 5.41) is 38.0. The number of hydrogen-bond donors (Lipinski definition) is 9. The Labute approximate surface area is 215 Å². The van der Waals surface area contributed by atoms with Crippen LogP contribution >= 0.6 is 16.8 Å². The lowest BCUT2D eigenvalue weighted by molar-refractivity contribution is -0.144. The molecule has 214 valence electrons. The molecule has 0 aromatic carbocycles. The maximum Gasteiger partial charge on any atom is 0.320 e. The van der Waals surface area contributed by atoms with Crippen LogP contribution in [0.2, 0.25) is 0 Å². The fourth-order valence-electron chi connectivity index (χ4n) is 3.82. The largest absolute Gasteiger partial charge is 0.480 e. The maximum absolute atomic E-state index is 12.2. The van der Waals surface area contributed by atoms with E-state index in [1.807, 2.05) is 0 Å². The van der Waals surface area contributed by atoms with Crippen molar-refractivity contribution in [2.24, 2.45) is 0 Å². The van der Waals surface area contributed by atoms with Crippen molar-refractivity contribution in [1.82, 2.24) is 20.0 Å². The monoisotopic (exact) mass is 574 g/mol. The Morgan fingerprint density at radius 1 is 0.811 bits per heavy atom. The second-order valence-corrected chi connectivity index (χ2v) is 11.6. The van der Waals surface area contributed by atoms with Gasteiger partial charge < -0.3 is 45.3 Å². The van der Waals surface area contributed by atoms with E-state index < -0.39 is 58.1 Å². The van der Waals surface area contributed by atoms with Crippen molar-refractivity contribution in [3.63, 3.8) is 0 Å². The molecule has 18 heteroatoms. The van der Waals surface area contributed by atoms with Crippen molar-refractivity contribution in [3.05, 3.63) is 0 Å². The Bertz CT molecular complexity index is 739. The summed E-state index contributed by atoms with van der Waals surface area (Å²) in [4.78, 5) is 88.2. The van der Waals surface area contributed by atoms with E-state index in [0.717, 1.165) is 0 Å². The molecule has 37 heavy (non-hydrogen) atoms. The molecule has 0 aromatic heterocycles. The molecule has 1 heterocycles. The van der Waals surface area contributed by atoms with E-state index in [-0.39, 0.29) is 65.1 Å². The fourth-order valence-corrected chi connectivity index (χ4v) is 5.18. The quantitative estimate of drug-likeness (QED) is 0.0721. The van der Waals surface area contributed by atoms with Crippen molar-refractivity contribution in [3.8, 4) is 0 Å². The first kappa shape index (κ1) is 33.4. The lowest BCUT2D eigenvalue weighted by atomic mass is 10.1. The number of hydrogen-bond acceptors (Lipinski definition) is 12. The molecule has 1 aliphatic rings. The van der Waals surface area contributed by atoms with Crippen molar-refractivity contribution in [1.29, 1.82) is 0 Å². The number of carbonyl (C=O) groups excluding carboxylic acids is 1. The highest BCUT2D eigenvalue weighted by Crippen LogP contribution is 2.59. The molecule has 0 saturated carbocycles.